The number of hydrogen-bond acceptors (Lipinski definition) is 6. The SMILES string of the molecule is CCOC(=O)N1CCN(C(N)Cc2cnc[nH]2)C(=C=O)C1. The first kappa shape index (κ1) is 15.1. The molecule has 1 aliphatic rings. The van der Waals surface area contributed by atoms with Crippen LogP contribution in [-0.4, -0.2) is 64.2 Å². The first-order valence-corrected chi connectivity index (χ1v) is 6.80. The van der Waals surface area contributed by atoms with Gasteiger partial charge in [-0.15, -0.1) is 0 Å². The summed E-state index contributed by atoms with van der Waals surface area (Å²) < 4.78 is 4.94. The van der Waals surface area contributed by atoms with Crippen molar-refractivity contribution in [1.29, 1.82) is 0 Å². The fourth-order valence-corrected chi connectivity index (χ4v) is 2.27. The number of ether oxygens (including phenoxy) is 1. The molecule has 8 nitrogen and oxygen atoms in total. The number of aromatic amines is 1. The molecule has 21 heavy (non-hydrogen) atoms. The summed E-state index contributed by atoms with van der Waals surface area (Å²) in [6.45, 7) is 3.14. The standard InChI is InChI=1S/C13H19N5O3/c1-2-21-13(20)17-3-4-18(11(7-17)8-19)12(14)5-10-6-15-9-16-10/h6,9,12H,2-5,7,14H2,1H3,(H,15,16). The van der Waals surface area contributed by atoms with Gasteiger partial charge in [-0.3, -0.25) is 4.90 Å². The normalized spacial score (nSPS) is 16.6. The molecule has 3 N–H and O–H groups in total. The Morgan fingerprint density at radius 3 is 3.05 bits per heavy atom. The van der Waals surface area contributed by atoms with Crippen molar-refractivity contribution in [1.82, 2.24) is 19.8 Å². The van der Waals surface area contributed by atoms with Gasteiger partial charge in [-0.25, -0.2) is 14.6 Å². The van der Waals surface area contributed by atoms with E-state index in [2.05, 4.69) is 9.97 Å². The molecule has 1 amide bonds. The van der Waals surface area contributed by atoms with E-state index in [1.54, 1.807) is 24.3 Å². The summed E-state index contributed by atoms with van der Waals surface area (Å²) in [5.41, 5.74) is 7.38. The summed E-state index contributed by atoms with van der Waals surface area (Å²) in [6.07, 6.45) is 3.01. The Hall–Kier alpha value is -2.31. The number of nitrogens with one attached hydrogen (secondary N) is 1. The van der Waals surface area contributed by atoms with E-state index in [0.29, 0.717) is 31.8 Å². The van der Waals surface area contributed by atoms with Crippen molar-refractivity contribution in [2.24, 2.45) is 5.73 Å². The number of carbonyl (C=O) groups is 1. The summed E-state index contributed by atoms with van der Waals surface area (Å²) in [5, 5.41) is 0. The average Bonchev–Trinajstić information content (AvgIpc) is 2.99. The molecule has 1 atom stereocenters. The molecule has 0 saturated carbocycles. The zero-order valence-corrected chi connectivity index (χ0v) is 11.9. The van der Waals surface area contributed by atoms with E-state index in [-0.39, 0.29) is 12.7 Å². The van der Waals surface area contributed by atoms with Gasteiger partial charge in [0.25, 0.3) is 0 Å². The van der Waals surface area contributed by atoms with Gasteiger partial charge in [0, 0.05) is 31.4 Å². The number of rotatable bonds is 4. The molecule has 2 rings (SSSR count). The predicted molar refractivity (Wildman–Crippen MR) is 74.8 cm³/mol. The zero-order chi connectivity index (χ0) is 15.2. The lowest BCUT2D eigenvalue weighted by atomic mass is 10.2. The van der Waals surface area contributed by atoms with Gasteiger partial charge in [0.1, 0.15) is 11.6 Å². The van der Waals surface area contributed by atoms with E-state index < -0.39 is 6.09 Å². The third-order valence-corrected chi connectivity index (χ3v) is 3.33. The summed E-state index contributed by atoms with van der Waals surface area (Å²) >= 11 is 0. The Morgan fingerprint density at radius 1 is 1.62 bits per heavy atom. The van der Waals surface area contributed by atoms with Crippen molar-refractivity contribution in [3.8, 4) is 0 Å². The summed E-state index contributed by atoms with van der Waals surface area (Å²) in [5.74, 6) is 1.88. The van der Waals surface area contributed by atoms with Crippen LogP contribution in [-0.2, 0) is 16.0 Å². The summed E-state index contributed by atoms with van der Waals surface area (Å²) in [7, 11) is 0. The minimum Gasteiger partial charge on any atom is -0.450 e. The summed E-state index contributed by atoms with van der Waals surface area (Å²) in [4.78, 5) is 33.0. The van der Waals surface area contributed by atoms with Crippen LogP contribution >= 0.6 is 0 Å². The van der Waals surface area contributed by atoms with E-state index in [1.807, 2.05) is 5.94 Å². The van der Waals surface area contributed by atoms with Crippen LogP contribution in [0.15, 0.2) is 18.2 Å². The number of piperazine rings is 1. The number of hydrogen-bond donors (Lipinski definition) is 2. The number of amides is 1. The molecule has 1 fully saturated rings. The average molecular weight is 293 g/mol. The fraction of sp³-hybridized carbons (Fsp3) is 0.538. The van der Waals surface area contributed by atoms with Gasteiger partial charge in [0.2, 0.25) is 0 Å². The molecule has 0 bridgehead atoms. The molecule has 1 unspecified atom stereocenters. The van der Waals surface area contributed by atoms with Crippen molar-refractivity contribution in [2.75, 3.05) is 26.2 Å². The van der Waals surface area contributed by atoms with Gasteiger partial charge in [-0.1, -0.05) is 0 Å². The van der Waals surface area contributed by atoms with Crippen LogP contribution in [0.5, 0.6) is 0 Å². The number of H-pyrrole nitrogens is 1. The molecule has 1 aromatic heterocycles. The Bertz CT molecular complexity index is 524. The number of imidazole rings is 1. The lowest BCUT2D eigenvalue weighted by molar-refractivity contribution is 0.0862. The zero-order valence-electron chi connectivity index (χ0n) is 11.9. The predicted octanol–water partition coefficient (Wildman–Crippen LogP) is -0.273. The molecule has 0 aliphatic carbocycles. The van der Waals surface area contributed by atoms with Crippen LogP contribution in [0.4, 0.5) is 4.79 Å². The molecule has 1 aliphatic heterocycles. The van der Waals surface area contributed by atoms with Gasteiger partial charge in [-0.2, -0.15) is 0 Å². The van der Waals surface area contributed by atoms with Gasteiger partial charge in [-0.05, 0) is 6.92 Å². The van der Waals surface area contributed by atoms with Crippen molar-refractivity contribution in [3.05, 3.63) is 23.9 Å². The van der Waals surface area contributed by atoms with E-state index in [4.69, 9.17) is 10.5 Å². The maximum atomic E-state index is 11.7. The molecular formula is C13H19N5O3. The van der Waals surface area contributed by atoms with Crippen LogP contribution in [0, 0.1) is 0 Å². The summed E-state index contributed by atoms with van der Waals surface area (Å²) in [6, 6.07) is 0. The topological polar surface area (TPSA) is 105 Å². The minimum atomic E-state index is -0.424. The largest absolute Gasteiger partial charge is 0.450 e. The first-order chi connectivity index (χ1) is 10.2. The number of carbonyl (C=O) groups excluding carboxylic acids is 2. The molecule has 2 heterocycles. The van der Waals surface area contributed by atoms with E-state index in [1.165, 1.54) is 4.90 Å². The van der Waals surface area contributed by atoms with E-state index >= 15 is 0 Å². The van der Waals surface area contributed by atoms with Crippen molar-refractivity contribution in [3.63, 3.8) is 0 Å². The highest BCUT2D eigenvalue weighted by Gasteiger charge is 2.29. The fourth-order valence-electron chi connectivity index (χ4n) is 2.27. The minimum absolute atomic E-state index is 0.166. The molecule has 1 aromatic rings. The van der Waals surface area contributed by atoms with Crippen LogP contribution in [0.3, 0.4) is 0 Å². The Balaban J connectivity index is 1.99. The van der Waals surface area contributed by atoms with E-state index in [0.717, 1.165) is 5.69 Å². The number of nitrogens with zero attached hydrogens (tertiary/aromatic N) is 3. The lowest BCUT2D eigenvalue weighted by Crippen LogP contribution is -2.54. The number of nitrogens with two attached hydrogens (primary N) is 1. The van der Waals surface area contributed by atoms with Crippen LogP contribution in [0.25, 0.3) is 0 Å². The maximum Gasteiger partial charge on any atom is 0.410 e. The number of aromatic nitrogens is 2. The van der Waals surface area contributed by atoms with Crippen molar-refractivity contribution < 1.29 is 14.3 Å². The smallest absolute Gasteiger partial charge is 0.410 e. The molecule has 1 saturated heterocycles. The third-order valence-electron chi connectivity index (χ3n) is 3.33. The second kappa shape index (κ2) is 6.92. The molecule has 114 valence electrons. The highest BCUT2D eigenvalue weighted by atomic mass is 16.6. The van der Waals surface area contributed by atoms with Crippen LogP contribution in [0.2, 0.25) is 0 Å². The van der Waals surface area contributed by atoms with Gasteiger partial charge >= 0.3 is 6.09 Å². The second-order valence-electron chi connectivity index (χ2n) is 4.71. The Kier molecular flexibility index (Phi) is 4.97. The van der Waals surface area contributed by atoms with Crippen LogP contribution < -0.4 is 5.73 Å². The maximum absolute atomic E-state index is 11.7. The lowest BCUT2D eigenvalue weighted by Gasteiger charge is -2.38. The molecule has 0 spiro atoms. The highest BCUT2D eigenvalue weighted by Crippen LogP contribution is 2.15. The second-order valence-corrected chi connectivity index (χ2v) is 4.71. The Labute approximate surface area is 122 Å². The molecular weight excluding hydrogens is 274 g/mol. The molecule has 0 radical (unpaired) electrons. The van der Waals surface area contributed by atoms with Gasteiger partial charge in [0.05, 0.1) is 25.6 Å². The van der Waals surface area contributed by atoms with Crippen molar-refractivity contribution >= 4 is 12.0 Å². The molecule has 0 aromatic carbocycles. The molecule has 8 heteroatoms. The van der Waals surface area contributed by atoms with Crippen LogP contribution in [0.1, 0.15) is 12.6 Å². The highest BCUT2D eigenvalue weighted by molar-refractivity contribution is 5.69. The first-order valence-electron chi connectivity index (χ1n) is 6.80. The monoisotopic (exact) mass is 293 g/mol. The van der Waals surface area contributed by atoms with E-state index in [9.17, 15) is 9.59 Å². The van der Waals surface area contributed by atoms with Gasteiger partial charge < -0.3 is 20.4 Å². The van der Waals surface area contributed by atoms with Crippen molar-refractivity contribution in [2.45, 2.75) is 19.5 Å². The van der Waals surface area contributed by atoms with Gasteiger partial charge in [0.15, 0.2) is 0 Å². The third kappa shape index (κ3) is 3.62. The Morgan fingerprint density at radius 2 is 2.43 bits per heavy atom. The quantitative estimate of drug-likeness (QED) is 0.740.